The molecule has 7 heteroatoms. The number of phenolic OH excluding ortho intramolecular Hbond substituents is 1. The summed E-state index contributed by atoms with van der Waals surface area (Å²) < 4.78 is 12.6. The first-order valence-electron chi connectivity index (χ1n) is 10.2. The zero-order valence-electron chi connectivity index (χ0n) is 17.4. The van der Waals surface area contributed by atoms with Crippen molar-refractivity contribution in [1.29, 1.82) is 0 Å². The van der Waals surface area contributed by atoms with E-state index in [9.17, 15) is 9.90 Å². The molecular weight excluding hydrogens is 446 g/mol. The van der Waals surface area contributed by atoms with Gasteiger partial charge >= 0.3 is 0 Å². The standard InChI is InChI=1S/C25H22ClNO4S/c1-2-27-13-14-30-19-8-10-20(11-9-19)31-24-21-12-7-18(28)15-22(21)32-25(24)23(29)16-3-5-17(26)6-4-16/h3-12,15,27-28H,2,13-14H2,1H3. The van der Waals surface area contributed by atoms with Crippen LogP contribution in [0, 0.1) is 0 Å². The van der Waals surface area contributed by atoms with Crippen LogP contribution in [-0.2, 0) is 0 Å². The Labute approximate surface area is 195 Å². The second-order valence-electron chi connectivity index (χ2n) is 7.05. The van der Waals surface area contributed by atoms with Crippen molar-refractivity contribution < 1.29 is 19.4 Å². The van der Waals surface area contributed by atoms with E-state index < -0.39 is 0 Å². The van der Waals surface area contributed by atoms with Gasteiger partial charge in [-0.25, -0.2) is 0 Å². The molecule has 32 heavy (non-hydrogen) atoms. The summed E-state index contributed by atoms with van der Waals surface area (Å²) in [6, 6.07) is 19.0. The zero-order chi connectivity index (χ0) is 22.5. The summed E-state index contributed by atoms with van der Waals surface area (Å²) in [7, 11) is 0. The minimum Gasteiger partial charge on any atom is -0.508 e. The first-order valence-corrected chi connectivity index (χ1v) is 11.4. The fourth-order valence-corrected chi connectivity index (χ4v) is 4.44. The quantitative estimate of drug-likeness (QED) is 0.224. The van der Waals surface area contributed by atoms with Crippen molar-refractivity contribution in [2.45, 2.75) is 6.92 Å². The summed E-state index contributed by atoms with van der Waals surface area (Å²) in [5.41, 5.74) is 0.513. The van der Waals surface area contributed by atoms with Gasteiger partial charge in [0.05, 0.1) is 0 Å². The summed E-state index contributed by atoms with van der Waals surface area (Å²) in [6.45, 7) is 4.30. The lowest BCUT2D eigenvalue weighted by Gasteiger charge is -2.10. The number of fused-ring (bicyclic) bond motifs is 1. The smallest absolute Gasteiger partial charge is 0.206 e. The van der Waals surface area contributed by atoms with Gasteiger partial charge in [-0.1, -0.05) is 18.5 Å². The number of benzene rings is 3. The molecule has 0 bridgehead atoms. The minimum absolute atomic E-state index is 0.134. The highest BCUT2D eigenvalue weighted by atomic mass is 35.5. The highest BCUT2D eigenvalue weighted by Gasteiger charge is 2.22. The van der Waals surface area contributed by atoms with Crippen molar-refractivity contribution >= 4 is 38.8 Å². The third-order valence-corrected chi connectivity index (χ3v) is 6.17. The summed E-state index contributed by atoms with van der Waals surface area (Å²) in [6.07, 6.45) is 0. The van der Waals surface area contributed by atoms with E-state index in [2.05, 4.69) is 5.32 Å². The number of aromatic hydroxyl groups is 1. The molecule has 164 valence electrons. The van der Waals surface area contributed by atoms with Gasteiger partial charge in [-0.2, -0.15) is 0 Å². The molecule has 0 aliphatic carbocycles. The molecule has 0 saturated carbocycles. The average Bonchev–Trinajstić information content (AvgIpc) is 3.15. The second-order valence-corrected chi connectivity index (χ2v) is 8.54. The van der Waals surface area contributed by atoms with Crippen molar-refractivity contribution in [2.75, 3.05) is 19.7 Å². The van der Waals surface area contributed by atoms with Crippen molar-refractivity contribution in [1.82, 2.24) is 5.32 Å². The Kier molecular flexibility index (Phi) is 6.95. The molecule has 0 atom stereocenters. The fourth-order valence-electron chi connectivity index (χ4n) is 3.18. The normalized spacial score (nSPS) is 10.9. The third kappa shape index (κ3) is 5.05. The number of carbonyl (C=O) groups is 1. The average molecular weight is 468 g/mol. The Bertz CT molecular complexity index is 1220. The molecule has 0 aliphatic heterocycles. The van der Waals surface area contributed by atoms with Gasteiger partial charge < -0.3 is 19.9 Å². The maximum atomic E-state index is 13.2. The highest BCUT2D eigenvalue weighted by molar-refractivity contribution is 7.21. The van der Waals surface area contributed by atoms with Gasteiger partial charge in [0.2, 0.25) is 5.78 Å². The van der Waals surface area contributed by atoms with Crippen LogP contribution in [0.4, 0.5) is 0 Å². The first kappa shape index (κ1) is 22.1. The van der Waals surface area contributed by atoms with Gasteiger partial charge in [-0.15, -0.1) is 11.3 Å². The lowest BCUT2D eigenvalue weighted by Crippen LogP contribution is -2.20. The van der Waals surface area contributed by atoms with Crippen molar-refractivity contribution in [3.63, 3.8) is 0 Å². The number of nitrogens with one attached hydrogen (secondary N) is 1. The molecule has 0 spiro atoms. The summed E-state index contributed by atoms with van der Waals surface area (Å²) >= 11 is 7.25. The summed E-state index contributed by atoms with van der Waals surface area (Å²) in [5.74, 6) is 1.76. The molecule has 0 radical (unpaired) electrons. The Morgan fingerprint density at radius 2 is 1.75 bits per heavy atom. The molecule has 3 aromatic carbocycles. The maximum absolute atomic E-state index is 13.2. The van der Waals surface area contributed by atoms with Crippen molar-refractivity contribution in [3.05, 3.63) is 82.2 Å². The molecule has 2 N–H and O–H groups in total. The molecule has 0 aliphatic rings. The molecule has 4 rings (SSSR count). The van der Waals surface area contributed by atoms with Gasteiger partial charge in [0.1, 0.15) is 28.7 Å². The number of phenols is 1. The highest BCUT2D eigenvalue weighted by Crippen LogP contribution is 2.42. The number of likely N-dealkylation sites (N-methyl/N-ethyl adjacent to an activating group) is 1. The largest absolute Gasteiger partial charge is 0.508 e. The Hall–Kier alpha value is -3.06. The Balaban J connectivity index is 1.63. The van der Waals surface area contributed by atoms with Gasteiger partial charge in [-0.3, -0.25) is 4.79 Å². The van der Waals surface area contributed by atoms with Gasteiger partial charge in [0, 0.05) is 27.2 Å². The number of hydrogen-bond donors (Lipinski definition) is 2. The van der Waals surface area contributed by atoms with Gasteiger partial charge in [0.25, 0.3) is 0 Å². The van der Waals surface area contributed by atoms with Crippen LogP contribution < -0.4 is 14.8 Å². The van der Waals surface area contributed by atoms with E-state index >= 15 is 0 Å². The minimum atomic E-state index is -0.166. The molecule has 5 nitrogen and oxygen atoms in total. The van der Waals surface area contributed by atoms with Crippen molar-refractivity contribution in [2.24, 2.45) is 0 Å². The predicted octanol–water partition coefficient (Wildman–Crippen LogP) is 6.27. The second kappa shape index (κ2) is 10.0. The lowest BCUT2D eigenvalue weighted by atomic mass is 10.1. The van der Waals surface area contributed by atoms with Crippen LogP contribution in [0.5, 0.6) is 23.0 Å². The predicted molar refractivity (Wildman–Crippen MR) is 129 cm³/mol. The number of halogens is 1. The topological polar surface area (TPSA) is 67.8 Å². The SMILES string of the molecule is CCNCCOc1ccc(Oc2c(C(=O)c3ccc(Cl)cc3)sc3cc(O)ccc23)cc1. The molecular formula is C25H22ClNO4S. The number of hydrogen-bond acceptors (Lipinski definition) is 6. The van der Waals surface area contributed by atoms with Crippen LogP contribution in [0.25, 0.3) is 10.1 Å². The van der Waals surface area contributed by atoms with E-state index in [1.807, 2.05) is 31.2 Å². The molecule has 1 heterocycles. The number of ketones is 1. The van der Waals surface area contributed by atoms with E-state index in [0.29, 0.717) is 33.6 Å². The van der Waals surface area contributed by atoms with E-state index in [0.717, 1.165) is 28.9 Å². The summed E-state index contributed by atoms with van der Waals surface area (Å²) in [5, 5.41) is 14.4. The van der Waals surface area contributed by atoms with Crippen LogP contribution in [0.3, 0.4) is 0 Å². The van der Waals surface area contributed by atoms with Gasteiger partial charge in [0.15, 0.2) is 5.75 Å². The van der Waals surface area contributed by atoms with Crippen LogP contribution in [0.2, 0.25) is 5.02 Å². The Morgan fingerprint density at radius 1 is 1.03 bits per heavy atom. The third-order valence-electron chi connectivity index (χ3n) is 4.78. The molecule has 0 unspecified atom stereocenters. The van der Waals surface area contributed by atoms with Crippen molar-refractivity contribution in [3.8, 4) is 23.0 Å². The number of rotatable bonds is 9. The van der Waals surface area contributed by atoms with Gasteiger partial charge in [-0.05, 0) is 73.3 Å². The van der Waals surface area contributed by atoms with Crippen LogP contribution >= 0.6 is 22.9 Å². The molecule has 0 amide bonds. The lowest BCUT2D eigenvalue weighted by molar-refractivity contribution is 0.104. The Morgan fingerprint density at radius 3 is 2.47 bits per heavy atom. The molecule has 1 aromatic heterocycles. The van der Waals surface area contributed by atoms with E-state index in [1.165, 1.54) is 11.3 Å². The van der Waals surface area contributed by atoms with E-state index in [1.54, 1.807) is 42.5 Å². The fraction of sp³-hybridized carbons (Fsp3) is 0.160. The van der Waals surface area contributed by atoms with Crippen LogP contribution in [-0.4, -0.2) is 30.6 Å². The van der Waals surface area contributed by atoms with Crippen LogP contribution in [0.1, 0.15) is 22.2 Å². The number of ether oxygens (including phenoxy) is 2. The maximum Gasteiger partial charge on any atom is 0.206 e. The van der Waals surface area contributed by atoms with Crippen LogP contribution in [0.15, 0.2) is 66.7 Å². The number of carbonyl (C=O) groups excluding carboxylic acids is 1. The molecule has 0 saturated heterocycles. The first-order chi connectivity index (χ1) is 15.5. The molecule has 4 aromatic rings. The molecule has 0 fully saturated rings. The van der Waals surface area contributed by atoms with E-state index in [4.69, 9.17) is 21.1 Å². The number of thiophene rings is 1. The van der Waals surface area contributed by atoms with E-state index in [-0.39, 0.29) is 11.5 Å². The monoisotopic (exact) mass is 467 g/mol. The summed E-state index contributed by atoms with van der Waals surface area (Å²) in [4.78, 5) is 13.7. The zero-order valence-corrected chi connectivity index (χ0v) is 19.0.